The lowest BCUT2D eigenvalue weighted by atomic mass is 9.93. The maximum atomic E-state index is 13.0. The highest BCUT2D eigenvalue weighted by molar-refractivity contribution is 7.99. The molecule has 2 amide bonds. The SMILES string of the molecule is O=C(NCCSc1ccc(Cl)cc1)C1Cc2ccccc2CN1C(=O)c1ccco1. The van der Waals surface area contributed by atoms with Crippen LogP contribution in [0.1, 0.15) is 21.7 Å². The third kappa shape index (κ3) is 4.71. The third-order valence-electron chi connectivity index (χ3n) is 5.03. The van der Waals surface area contributed by atoms with Crippen LogP contribution in [0.5, 0.6) is 0 Å². The molecular formula is C23H21ClN2O3S. The van der Waals surface area contributed by atoms with Gasteiger partial charge < -0.3 is 14.6 Å². The Labute approximate surface area is 184 Å². The summed E-state index contributed by atoms with van der Waals surface area (Å²) in [6.45, 7) is 0.889. The minimum Gasteiger partial charge on any atom is -0.459 e. The van der Waals surface area contributed by atoms with Crippen molar-refractivity contribution in [3.63, 3.8) is 0 Å². The van der Waals surface area contributed by atoms with Crippen LogP contribution in [0.15, 0.2) is 76.2 Å². The lowest BCUT2D eigenvalue weighted by molar-refractivity contribution is -0.126. The van der Waals surface area contributed by atoms with Crippen molar-refractivity contribution in [2.45, 2.75) is 23.9 Å². The van der Waals surface area contributed by atoms with Crippen LogP contribution >= 0.6 is 23.4 Å². The zero-order valence-corrected chi connectivity index (χ0v) is 17.8. The monoisotopic (exact) mass is 440 g/mol. The molecule has 4 rings (SSSR count). The van der Waals surface area contributed by atoms with Crippen molar-refractivity contribution in [2.24, 2.45) is 0 Å². The number of thioether (sulfide) groups is 1. The summed E-state index contributed by atoms with van der Waals surface area (Å²) in [5, 5.41) is 3.69. The molecule has 0 saturated carbocycles. The predicted molar refractivity (Wildman–Crippen MR) is 118 cm³/mol. The van der Waals surface area contributed by atoms with E-state index in [1.165, 1.54) is 6.26 Å². The summed E-state index contributed by atoms with van der Waals surface area (Å²) in [6.07, 6.45) is 1.95. The van der Waals surface area contributed by atoms with Crippen molar-refractivity contribution in [1.29, 1.82) is 0 Å². The van der Waals surface area contributed by atoms with Crippen LogP contribution in [0.25, 0.3) is 0 Å². The van der Waals surface area contributed by atoms with Crippen molar-refractivity contribution in [2.75, 3.05) is 12.3 Å². The molecule has 30 heavy (non-hydrogen) atoms. The van der Waals surface area contributed by atoms with E-state index in [0.29, 0.717) is 24.5 Å². The number of halogens is 1. The van der Waals surface area contributed by atoms with Gasteiger partial charge in [0.05, 0.1) is 6.26 Å². The maximum Gasteiger partial charge on any atom is 0.290 e. The lowest BCUT2D eigenvalue weighted by Gasteiger charge is -2.35. The van der Waals surface area contributed by atoms with Crippen molar-refractivity contribution in [3.05, 3.63) is 88.8 Å². The van der Waals surface area contributed by atoms with E-state index in [4.69, 9.17) is 16.0 Å². The Morgan fingerprint density at radius 1 is 1.07 bits per heavy atom. The Balaban J connectivity index is 1.42. The smallest absolute Gasteiger partial charge is 0.290 e. The number of carbonyl (C=O) groups excluding carboxylic acids is 2. The first-order valence-electron chi connectivity index (χ1n) is 9.69. The van der Waals surface area contributed by atoms with Gasteiger partial charge in [-0.25, -0.2) is 0 Å². The zero-order chi connectivity index (χ0) is 20.9. The number of furan rings is 1. The predicted octanol–water partition coefficient (Wildman–Crippen LogP) is 4.41. The van der Waals surface area contributed by atoms with Gasteiger partial charge in [-0.2, -0.15) is 0 Å². The molecule has 2 aromatic carbocycles. The fourth-order valence-electron chi connectivity index (χ4n) is 3.50. The molecular weight excluding hydrogens is 420 g/mol. The van der Waals surface area contributed by atoms with Crippen molar-refractivity contribution in [3.8, 4) is 0 Å². The van der Waals surface area contributed by atoms with E-state index in [2.05, 4.69) is 5.32 Å². The topological polar surface area (TPSA) is 62.6 Å². The van der Waals surface area contributed by atoms with Gasteiger partial charge in [0.15, 0.2) is 5.76 Å². The fourth-order valence-corrected chi connectivity index (χ4v) is 4.40. The number of hydrogen-bond donors (Lipinski definition) is 1. The van der Waals surface area contributed by atoms with E-state index < -0.39 is 6.04 Å². The molecule has 0 aliphatic carbocycles. The van der Waals surface area contributed by atoms with Crippen LogP contribution in [0.3, 0.4) is 0 Å². The van der Waals surface area contributed by atoms with Gasteiger partial charge in [-0.15, -0.1) is 11.8 Å². The Hall–Kier alpha value is -2.70. The second kappa shape index (κ2) is 9.41. The number of rotatable bonds is 6. The molecule has 3 aromatic rings. The minimum absolute atomic E-state index is 0.152. The summed E-state index contributed by atoms with van der Waals surface area (Å²) in [6, 6.07) is 18.2. The lowest BCUT2D eigenvalue weighted by Crippen LogP contribution is -2.52. The van der Waals surface area contributed by atoms with Crippen molar-refractivity contribution >= 4 is 35.2 Å². The van der Waals surface area contributed by atoms with Gasteiger partial charge >= 0.3 is 0 Å². The highest BCUT2D eigenvalue weighted by atomic mass is 35.5. The number of fused-ring (bicyclic) bond motifs is 1. The van der Waals surface area contributed by atoms with Crippen LogP contribution in [0, 0.1) is 0 Å². The van der Waals surface area contributed by atoms with Crippen LogP contribution in [0.4, 0.5) is 0 Å². The molecule has 1 N–H and O–H groups in total. The third-order valence-corrected chi connectivity index (χ3v) is 6.29. The van der Waals surface area contributed by atoms with E-state index >= 15 is 0 Å². The van der Waals surface area contributed by atoms with Gasteiger partial charge in [-0.1, -0.05) is 35.9 Å². The first-order valence-corrected chi connectivity index (χ1v) is 11.1. The van der Waals surface area contributed by atoms with Crippen LogP contribution in [0.2, 0.25) is 5.02 Å². The molecule has 2 heterocycles. The number of nitrogens with zero attached hydrogens (tertiary/aromatic N) is 1. The average molecular weight is 441 g/mol. The highest BCUT2D eigenvalue weighted by Crippen LogP contribution is 2.25. The molecule has 0 fully saturated rings. The van der Waals surface area contributed by atoms with Crippen molar-refractivity contribution in [1.82, 2.24) is 10.2 Å². The largest absolute Gasteiger partial charge is 0.459 e. The summed E-state index contributed by atoms with van der Waals surface area (Å²) in [4.78, 5) is 28.6. The molecule has 1 aromatic heterocycles. The van der Waals surface area contributed by atoms with E-state index in [1.807, 2.05) is 48.5 Å². The quantitative estimate of drug-likeness (QED) is 0.455. The van der Waals surface area contributed by atoms with E-state index in [1.54, 1.807) is 28.8 Å². The second-order valence-corrected chi connectivity index (χ2v) is 8.60. The zero-order valence-electron chi connectivity index (χ0n) is 16.2. The molecule has 0 bridgehead atoms. The van der Waals surface area contributed by atoms with E-state index in [0.717, 1.165) is 21.8 Å². The summed E-state index contributed by atoms with van der Waals surface area (Å²) < 4.78 is 5.28. The van der Waals surface area contributed by atoms with Gasteiger partial charge in [-0.05, 0) is 47.5 Å². The van der Waals surface area contributed by atoms with Crippen LogP contribution in [-0.4, -0.2) is 35.1 Å². The number of carbonyl (C=O) groups is 2. The van der Waals surface area contributed by atoms with Gasteiger partial charge in [0.25, 0.3) is 5.91 Å². The van der Waals surface area contributed by atoms with E-state index in [-0.39, 0.29) is 17.6 Å². The average Bonchev–Trinajstić information content (AvgIpc) is 3.31. The number of benzene rings is 2. The Morgan fingerprint density at radius 2 is 1.83 bits per heavy atom. The molecule has 7 heteroatoms. The molecule has 0 saturated heterocycles. The summed E-state index contributed by atoms with van der Waals surface area (Å²) >= 11 is 7.55. The summed E-state index contributed by atoms with van der Waals surface area (Å²) in [7, 11) is 0. The molecule has 1 unspecified atom stereocenters. The Morgan fingerprint density at radius 3 is 2.57 bits per heavy atom. The molecule has 154 valence electrons. The van der Waals surface area contributed by atoms with Gasteiger partial charge in [0.1, 0.15) is 6.04 Å². The van der Waals surface area contributed by atoms with Gasteiger partial charge in [-0.3, -0.25) is 9.59 Å². The van der Waals surface area contributed by atoms with Crippen LogP contribution < -0.4 is 5.32 Å². The number of hydrogen-bond acceptors (Lipinski definition) is 4. The van der Waals surface area contributed by atoms with Gasteiger partial charge in [0.2, 0.25) is 5.91 Å². The van der Waals surface area contributed by atoms with E-state index in [9.17, 15) is 9.59 Å². The first-order chi connectivity index (χ1) is 14.6. The minimum atomic E-state index is -0.571. The number of nitrogens with one attached hydrogen (secondary N) is 1. The maximum absolute atomic E-state index is 13.0. The molecule has 1 aliphatic heterocycles. The molecule has 0 spiro atoms. The molecule has 1 aliphatic rings. The molecule has 1 atom stereocenters. The Kier molecular flexibility index (Phi) is 6.45. The second-order valence-electron chi connectivity index (χ2n) is 6.99. The van der Waals surface area contributed by atoms with Crippen molar-refractivity contribution < 1.29 is 14.0 Å². The standard InChI is InChI=1S/C23H21ClN2O3S/c24-18-7-9-19(10-8-18)30-13-11-25-22(27)20-14-16-4-1-2-5-17(16)15-26(20)23(28)21-6-3-12-29-21/h1-10,12,20H,11,13-15H2,(H,25,27). The molecule has 5 nitrogen and oxygen atoms in total. The normalized spacial score (nSPS) is 15.5. The van der Waals surface area contributed by atoms with Gasteiger partial charge in [0, 0.05) is 35.2 Å². The summed E-state index contributed by atoms with van der Waals surface area (Å²) in [5.41, 5.74) is 2.15. The summed E-state index contributed by atoms with van der Waals surface area (Å²) in [5.74, 6) is 0.541. The highest BCUT2D eigenvalue weighted by Gasteiger charge is 2.35. The first kappa shape index (κ1) is 20.6. The Bertz CT molecular complexity index is 1020. The molecule has 0 radical (unpaired) electrons. The fraction of sp³-hybridized carbons (Fsp3) is 0.217. The van der Waals surface area contributed by atoms with Crippen LogP contribution in [-0.2, 0) is 17.8 Å². The number of amides is 2.